The minimum Gasteiger partial charge on any atom is -0.493 e. The van der Waals surface area contributed by atoms with E-state index < -0.39 is 0 Å². The maximum atomic E-state index is 10.3. The van der Waals surface area contributed by atoms with Gasteiger partial charge in [0, 0.05) is 24.7 Å². The summed E-state index contributed by atoms with van der Waals surface area (Å²) in [5.74, 6) is 1.56. The third-order valence-electron chi connectivity index (χ3n) is 6.26. The molecule has 23 heavy (non-hydrogen) atoms. The van der Waals surface area contributed by atoms with Gasteiger partial charge in [-0.3, -0.25) is 0 Å². The highest BCUT2D eigenvalue weighted by molar-refractivity contribution is 5.52. The van der Waals surface area contributed by atoms with Crippen LogP contribution in [0, 0.1) is 5.41 Å². The zero-order valence-electron chi connectivity index (χ0n) is 14.1. The predicted molar refractivity (Wildman–Crippen MR) is 88.8 cm³/mol. The molecule has 1 spiro atoms. The van der Waals surface area contributed by atoms with Crippen molar-refractivity contribution < 1.29 is 14.6 Å². The first-order valence-electron chi connectivity index (χ1n) is 8.40. The highest BCUT2D eigenvalue weighted by Crippen LogP contribution is 2.70. The van der Waals surface area contributed by atoms with Crippen molar-refractivity contribution in [1.29, 1.82) is 0 Å². The third-order valence-corrected chi connectivity index (χ3v) is 6.26. The molecule has 2 aliphatic carbocycles. The fourth-order valence-electron chi connectivity index (χ4n) is 5.01. The number of nitrogens with zero attached hydrogens (tertiary/aromatic N) is 1. The van der Waals surface area contributed by atoms with Crippen LogP contribution in [-0.4, -0.2) is 43.9 Å². The minimum atomic E-state index is -0.318. The van der Waals surface area contributed by atoms with Crippen LogP contribution in [0.1, 0.15) is 31.2 Å². The molecule has 4 heteroatoms. The molecule has 0 aromatic heterocycles. The average Bonchev–Trinajstić information content (AvgIpc) is 3.24. The number of fused-ring (bicyclic) bond motifs is 2. The van der Waals surface area contributed by atoms with Crippen LogP contribution in [-0.2, 0) is 5.41 Å². The van der Waals surface area contributed by atoms with Gasteiger partial charge >= 0.3 is 0 Å². The van der Waals surface area contributed by atoms with E-state index in [1.54, 1.807) is 14.2 Å². The molecule has 1 aliphatic heterocycles. The molecule has 0 unspecified atom stereocenters. The van der Waals surface area contributed by atoms with Crippen molar-refractivity contribution in [3.63, 3.8) is 0 Å². The van der Waals surface area contributed by atoms with E-state index in [0.717, 1.165) is 30.9 Å². The molecule has 1 saturated heterocycles. The van der Waals surface area contributed by atoms with Gasteiger partial charge < -0.3 is 19.5 Å². The second-order valence-electron chi connectivity index (χ2n) is 7.25. The fraction of sp³-hybridized carbons (Fsp3) is 0.579. The van der Waals surface area contributed by atoms with Crippen LogP contribution in [0.5, 0.6) is 11.5 Å². The van der Waals surface area contributed by atoms with E-state index in [1.807, 2.05) is 6.07 Å². The summed E-state index contributed by atoms with van der Waals surface area (Å²) in [4.78, 5) is 2.32. The minimum absolute atomic E-state index is 0.0144. The number of methoxy groups -OCH3 is 2. The molecule has 1 heterocycles. The summed E-state index contributed by atoms with van der Waals surface area (Å²) in [6, 6.07) is 6.34. The number of likely N-dealkylation sites (tertiary alicyclic amines) is 1. The molecule has 1 aromatic rings. The van der Waals surface area contributed by atoms with Gasteiger partial charge in [-0.25, -0.2) is 0 Å². The van der Waals surface area contributed by atoms with E-state index in [9.17, 15) is 5.11 Å². The van der Waals surface area contributed by atoms with Gasteiger partial charge in [-0.2, -0.15) is 0 Å². The topological polar surface area (TPSA) is 41.9 Å². The molecule has 0 bridgehead atoms. The molecule has 4 nitrogen and oxygen atoms in total. The first-order valence-corrected chi connectivity index (χ1v) is 8.40. The highest BCUT2D eigenvalue weighted by atomic mass is 16.5. The summed E-state index contributed by atoms with van der Waals surface area (Å²) in [5, 5.41) is 10.3. The Morgan fingerprint density at radius 3 is 2.52 bits per heavy atom. The van der Waals surface area contributed by atoms with Crippen LogP contribution < -0.4 is 9.47 Å². The number of aliphatic hydroxyl groups excluding tert-OH is 1. The lowest BCUT2D eigenvalue weighted by atomic mass is 9.60. The Labute approximate surface area is 137 Å². The van der Waals surface area contributed by atoms with E-state index in [1.165, 1.54) is 24.1 Å². The predicted octanol–water partition coefficient (Wildman–Crippen LogP) is 2.71. The Morgan fingerprint density at radius 1 is 1.13 bits per heavy atom. The number of rotatable bonds is 3. The normalized spacial score (nSPS) is 30.9. The third kappa shape index (κ3) is 1.87. The molecule has 3 aliphatic rings. The molecule has 124 valence electrons. The Bertz CT molecular complexity index is 665. The molecule has 1 N–H and O–H groups in total. The Morgan fingerprint density at radius 2 is 1.87 bits per heavy atom. The summed E-state index contributed by atoms with van der Waals surface area (Å²) in [6.07, 6.45) is 6.14. The van der Waals surface area contributed by atoms with Gasteiger partial charge in [-0.05, 0) is 54.9 Å². The maximum Gasteiger partial charge on any atom is 0.161 e. The first-order chi connectivity index (χ1) is 11.1. The number of benzene rings is 1. The van der Waals surface area contributed by atoms with E-state index in [2.05, 4.69) is 30.2 Å². The molecule has 0 amide bonds. The van der Waals surface area contributed by atoms with Gasteiger partial charge in [0.25, 0.3) is 0 Å². The molecular weight excluding hydrogens is 290 g/mol. The molecule has 1 saturated carbocycles. The quantitative estimate of drug-likeness (QED) is 0.931. The second kappa shape index (κ2) is 4.91. The number of likely N-dealkylation sites (N-methyl/N-ethyl adjacent to an activating group) is 1. The second-order valence-corrected chi connectivity index (χ2v) is 7.25. The summed E-state index contributed by atoms with van der Waals surface area (Å²) in [5.41, 5.74) is 2.82. The van der Waals surface area contributed by atoms with Crippen molar-refractivity contribution in [2.75, 3.05) is 27.8 Å². The van der Waals surface area contributed by atoms with E-state index >= 15 is 0 Å². The van der Waals surface area contributed by atoms with Crippen LogP contribution >= 0.6 is 0 Å². The summed E-state index contributed by atoms with van der Waals surface area (Å²) in [7, 11) is 5.50. The molecule has 1 aromatic carbocycles. The molecule has 0 radical (unpaired) electrons. The summed E-state index contributed by atoms with van der Waals surface area (Å²) < 4.78 is 10.9. The first kappa shape index (κ1) is 14.9. The lowest BCUT2D eigenvalue weighted by molar-refractivity contribution is 0.123. The summed E-state index contributed by atoms with van der Waals surface area (Å²) >= 11 is 0. The SMILES string of the molecule is COc1ccc([C@]23CCN(C)C2=C[C@@H](O)CC32CC2)cc1OC. The van der Waals surface area contributed by atoms with Crippen molar-refractivity contribution in [2.45, 2.75) is 37.2 Å². The van der Waals surface area contributed by atoms with Gasteiger partial charge in [-0.15, -0.1) is 0 Å². The average molecular weight is 315 g/mol. The Kier molecular flexibility index (Phi) is 3.17. The standard InChI is InChI=1S/C19H25NO3/c1-20-9-8-19(13-4-5-15(22-2)16(10-13)23-3)17(20)11-14(21)12-18(19)6-7-18/h4-5,10-11,14,21H,6-9,12H2,1-3H3/t14-,19-/m1/s1. The zero-order valence-corrected chi connectivity index (χ0v) is 14.1. The van der Waals surface area contributed by atoms with Gasteiger partial charge in [0.05, 0.1) is 20.3 Å². The van der Waals surface area contributed by atoms with Crippen molar-refractivity contribution in [3.05, 3.63) is 35.5 Å². The van der Waals surface area contributed by atoms with E-state index in [-0.39, 0.29) is 16.9 Å². The van der Waals surface area contributed by atoms with Gasteiger partial charge in [0.2, 0.25) is 0 Å². The van der Waals surface area contributed by atoms with Crippen LogP contribution in [0.25, 0.3) is 0 Å². The number of ether oxygens (including phenoxy) is 2. The van der Waals surface area contributed by atoms with Crippen LogP contribution in [0.2, 0.25) is 0 Å². The lowest BCUT2D eigenvalue weighted by Crippen LogP contribution is -2.43. The zero-order chi connectivity index (χ0) is 16.2. The fourth-order valence-corrected chi connectivity index (χ4v) is 5.01. The van der Waals surface area contributed by atoms with Crippen molar-refractivity contribution in [1.82, 2.24) is 4.90 Å². The Hall–Kier alpha value is -1.68. The largest absolute Gasteiger partial charge is 0.493 e. The summed E-state index contributed by atoms with van der Waals surface area (Å²) in [6.45, 7) is 1.04. The lowest BCUT2D eigenvalue weighted by Gasteiger charge is -2.45. The van der Waals surface area contributed by atoms with Crippen molar-refractivity contribution in [2.24, 2.45) is 5.41 Å². The van der Waals surface area contributed by atoms with Crippen LogP contribution in [0.15, 0.2) is 30.0 Å². The molecule has 2 atom stereocenters. The number of allylic oxidation sites excluding steroid dienone is 1. The van der Waals surface area contributed by atoms with Gasteiger partial charge in [0.15, 0.2) is 11.5 Å². The Balaban J connectivity index is 1.89. The monoisotopic (exact) mass is 315 g/mol. The smallest absolute Gasteiger partial charge is 0.161 e. The van der Waals surface area contributed by atoms with Gasteiger partial charge in [-0.1, -0.05) is 6.07 Å². The van der Waals surface area contributed by atoms with E-state index in [0.29, 0.717) is 0 Å². The molecule has 4 rings (SSSR count). The van der Waals surface area contributed by atoms with Crippen molar-refractivity contribution >= 4 is 0 Å². The van der Waals surface area contributed by atoms with Crippen LogP contribution in [0.3, 0.4) is 0 Å². The van der Waals surface area contributed by atoms with Crippen LogP contribution in [0.4, 0.5) is 0 Å². The van der Waals surface area contributed by atoms with E-state index in [4.69, 9.17) is 9.47 Å². The number of hydrogen-bond acceptors (Lipinski definition) is 4. The maximum absolute atomic E-state index is 10.3. The van der Waals surface area contributed by atoms with Crippen molar-refractivity contribution in [3.8, 4) is 11.5 Å². The highest BCUT2D eigenvalue weighted by Gasteiger charge is 2.65. The molecular formula is C19H25NO3. The number of hydrogen-bond donors (Lipinski definition) is 1. The molecule has 2 fully saturated rings. The number of aliphatic hydroxyl groups is 1. The van der Waals surface area contributed by atoms with Gasteiger partial charge in [0.1, 0.15) is 0 Å².